The maximum atomic E-state index is 13.4. The summed E-state index contributed by atoms with van der Waals surface area (Å²) in [6.07, 6.45) is 1.66. The molecule has 0 saturated carbocycles. The number of rotatable bonds is 3. The number of hydrogen-bond donors (Lipinski definition) is 0. The third-order valence-corrected chi connectivity index (χ3v) is 6.38. The SMILES string of the molecule is [O-][S+](c1cc(Cl)cc(Cl)c1)c1cnc2ccc(Cl)cc2c1N1CCOCC1. The first-order valence-electron chi connectivity index (χ1n) is 8.32. The number of fused-ring (bicyclic) bond motifs is 1. The van der Waals surface area contributed by atoms with E-state index < -0.39 is 11.2 Å². The lowest BCUT2D eigenvalue weighted by Crippen LogP contribution is -2.37. The van der Waals surface area contributed by atoms with E-state index in [2.05, 4.69) is 9.88 Å². The van der Waals surface area contributed by atoms with Crippen LogP contribution < -0.4 is 4.90 Å². The molecule has 0 radical (unpaired) electrons. The molecule has 2 heterocycles. The fraction of sp³-hybridized carbons (Fsp3) is 0.211. The van der Waals surface area contributed by atoms with Gasteiger partial charge in [0.15, 0.2) is 4.90 Å². The molecule has 8 heteroatoms. The van der Waals surface area contributed by atoms with E-state index in [0.29, 0.717) is 51.2 Å². The van der Waals surface area contributed by atoms with Gasteiger partial charge in [-0.25, -0.2) is 0 Å². The summed E-state index contributed by atoms with van der Waals surface area (Å²) in [5, 5.41) is 2.35. The lowest BCUT2D eigenvalue weighted by molar-refractivity contribution is 0.122. The number of aromatic nitrogens is 1. The number of benzene rings is 2. The zero-order valence-corrected chi connectivity index (χ0v) is 17.2. The van der Waals surface area contributed by atoms with E-state index in [1.165, 1.54) is 0 Å². The first-order chi connectivity index (χ1) is 13.0. The molecule has 1 aromatic heterocycles. The van der Waals surface area contributed by atoms with Gasteiger partial charge in [0, 0.05) is 56.9 Å². The molecule has 0 N–H and O–H groups in total. The minimum atomic E-state index is -1.50. The van der Waals surface area contributed by atoms with Crippen LogP contribution in [-0.2, 0) is 15.9 Å². The van der Waals surface area contributed by atoms with Crippen LogP contribution in [0.25, 0.3) is 10.9 Å². The van der Waals surface area contributed by atoms with Gasteiger partial charge in [-0.15, -0.1) is 0 Å². The van der Waals surface area contributed by atoms with Crippen molar-refractivity contribution in [2.24, 2.45) is 0 Å². The number of anilines is 1. The molecule has 4 rings (SSSR count). The molecule has 1 aliphatic heterocycles. The van der Waals surface area contributed by atoms with Gasteiger partial charge in [-0.2, -0.15) is 0 Å². The fourth-order valence-electron chi connectivity index (χ4n) is 3.14. The van der Waals surface area contributed by atoms with Crippen molar-refractivity contribution >= 4 is 62.6 Å². The lowest BCUT2D eigenvalue weighted by atomic mass is 10.1. The third kappa shape index (κ3) is 3.99. The average Bonchev–Trinajstić information content (AvgIpc) is 2.66. The summed E-state index contributed by atoms with van der Waals surface area (Å²) >= 11 is 17.0. The molecule has 1 saturated heterocycles. The summed E-state index contributed by atoms with van der Waals surface area (Å²) in [5.74, 6) is 0. The molecule has 3 aromatic rings. The molecular formula is C19H15Cl3N2O2S. The fourth-order valence-corrected chi connectivity index (χ4v) is 5.26. The number of morpholine rings is 1. The second-order valence-electron chi connectivity index (χ2n) is 6.11. The normalized spacial score (nSPS) is 15.9. The first-order valence-corrected chi connectivity index (χ1v) is 10.6. The first kappa shape index (κ1) is 19.1. The maximum Gasteiger partial charge on any atom is 0.200 e. The molecule has 27 heavy (non-hydrogen) atoms. The second kappa shape index (κ2) is 8.03. The zero-order chi connectivity index (χ0) is 19.0. The van der Waals surface area contributed by atoms with Crippen molar-refractivity contribution < 1.29 is 9.29 Å². The lowest BCUT2D eigenvalue weighted by Gasteiger charge is -2.31. The van der Waals surface area contributed by atoms with Crippen LogP contribution in [0.3, 0.4) is 0 Å². The van der Waals surface area contributed by atoms with Crippen LogP contribution in [0.4, 0.5) is 5.69 Å². The molecule has 0 bridgehead atoms. The van der Waals surface area contributed by atoms with Crippen molar-refractivity contribution in [2.75, 3.05) is 31.2 Å². The quantitative estimate of drug-likeness (QED) is 0.524. The van der Waals surface area contributed by atoms with Crippen LogP contribution in [0.5, 0.6) is 0 Å². The molecular weight excluding hydrogens is 427 g/mol. The highest BCUT2D eigenvalue weighted by atomic mass is 35.5. The molecule has 4 nitrogen and oxygen atoms in total. The van der Waals surface area contributed by atoms with Crippen molar-refractivity contribution in [2.45, 2.75) is 9.79 Å². The predicted octanol–water partition coefficient (Wildman–Crippen LogP) is 5.20. The summed E-state index contributed by atoms with van der Waals surface area (Å²) in [7, 11) is 0. The van der Waals surface area contributed by atoms with Crippen LogP contribution in [0.1, 0.15) is 0 Å². The highest BCUT2D eigenvalue weighted by Gasteiger charge is 2.27. The van der Waals surface area contributed by atoms with Gasteiger partial charge in [0.25, 0.3) is 0 Å². The summed E-state index contributed by atoms with van der Waals surface area (Å²) < 4.78 is 18.9. The van der Waals surface area contributed by atoms with Crippen molar-refractivity contribution in [3.05, 3.63) is 57.7 Å². The highest BCUT2D eigenvalue weighted by Crippen LogP contribution is 2.38. The van der Waals surface area contributed by atoms with Crippen LogP contribution in [0, 0.1) is 0 Å². The van der Waals surface area contributed by atoms with Gasteiger partial charge in [0.05, 0.1) is 24.9 Å². The topological polar surface area (TPSA) is 48.4 Å². The Morgan fingerprint density at radius 2 is 1.67 bits per heavy atom. The number of ether oxygens (including phenoxy) is 1. The highest BCUT2D eigenvalue weighted by molar-refractivity contribution is 7.91. The Labute approximate surface area is 175 Å². The monoisotopic (exact) mass is 440 g/mol. The van der Waals surface area contributed by atoms with Crippen molar-refractivity contribution in [3.8, 4) is 0 Å². The van der Waals surface area contributed by atoms with Crippen LogP contribution in [-0.4, -0.2) is 35.8 Å². The van der Waals surface area contributed by atoms with E-state index in [0.717, 1.165) is 16.6 Å². The van der Waals surface area contributed by atoms with E-state index in [-0.39, 0.29) is 0 Å². The molecule has 0 aliphatic carbocycles. The van der Waals surface area contributed by atoms with E-state index in [9.17, 15) is 4.55 Å². The van der Waals surface area contributed by atoms with Gasteiger partial charge in [-0.1, -0.05) is 34.8 Å². The van der Waals surface area contributed by atoms with Crippen molar-refractivity contribution in [3.63, 3.8) is 0 Å². The maximum absolute atomic E-state index is 13.4. The van der Waals surface area contributed by atoms with Crippen LogP contribution in [0.2, 0.25) is 15.1 Å². The molecule has 1 atom stereocenters. The average molecular weight is 442 g/mol. The standard InChI is InChI=1S/C19H15Cl3N2O2S/c20-12-1-2-17-16(10-12)19(24-3-5-26-6-4-24)18(11-23-17)27(25)15-8-13(21)7-14(22)9-15/h1-2,7-11H,3-6H2. The Morgan fingerprint density at radius 1 is 0.963 bits per heavy atom. The Bertz CT molecular complexity index is 976. The number of pyridine rings is 1. The minimum Gasteiger partial charge on any atom is -0.606 e. The zero-order valence-electron chi connectivity index (χ0n) is 14.1. The van der Waals surface area contributed by atoms with E-state index in [4.69, 9.17) is 39.5 Å². The van der Waals surface area contributed by atoms with Gasteiger partial charge in [0.1, 0.15) is 5.69 Å². The number of hydrogen-bond acceptors (Lipinski definition) is 4. The summed E-state index contributed by atoms with van der Waals surface area (Å²) in [5.41, 5.74) is 1.66. The van der Waals surface area contributed by atoms with E-state index in [1.807, 2.05) is 12.1 Å². The Hall–Kier alpha value is -1.21. The van der Waals surface area contributed by atoms with Gasteiger partial charge in [-0.3, -0.25) is 4.98 Å². The minimum absolute atomic E-state index is 0.440. The molecule has 0 spiro atoms. The summed E-state index contributed by atoms with van der Waals surface area (Å²) in [4.78, 5) is 7.80. The molecule has 1 aliphatic rings. The second-order valence-corrected chi connectivity index (χ2v) is 8.86. The summed E-state index contributed by atoms with van der Waals surface area (Å²) in [6, 6.07) is 10.5. The van der Waals surface area contributed by atoms with E-state index >= 15 is 0 Å². The smallest absolute Gasteiger partial charge is 0.200 e. The van der Waals surface area contributed by atoms with Gasteiger partial charge >= 0.3 is 0 Å². The van der Waals surface area contributed by atoms with Crippen molar-refractivity contribution in [1.82, 2.24) is 4.98 Å². The molecule has 1 unspecified atom stereocenters. The third-order valence-electron chi connectivity index (χ3n) is 4.35. The molecule has 0 amide bonds. The Balaban J connectivity index is 1.90. The van der Waals surface area contributed by atoms with Crippen LogP contribution in [0.15, 0.2) is 52.4 Å². The Morgan fingerprint density at radius 3 is 2.37 bits per heavy atom. The molecule has 1 fully saturated rings. The van der Waals surface area contributed by atoms with Crippen LogP contribution >= 0.6 is 34.8 Å². The predicted molar refractivity (Wildman–Crippen MR) is 111 cm³/mol. The number of halogens is 3. The van der Waals surface area contributed by atoms with Gasteiger partial charge < -0.3 is 14.2 Å². The van der Waals surface area contributed by atoms with E-state index in [1.54, 1.807) is 30.5 Å². The largest absolute Gasteiger partial charge is 0.606 e. The molecule has 2 aromatic carbocycles. The Kier molecular flexibility index (Phi) is 5.69. The van der Waals surface area contributed by atoms with Crippen molar-refractivity contribution in [1.29, 1.82) is 0 Å². The van der Waals surface area contributed by atoms with Gasteiger partial charge in [-0.05, 0) is 24.3 Å². The summed E-state index contributed by atoms with van der Waals surface area (Å²) in [6.45, 7) is 2.62. The number of nitrogens with zero attached hydrogens (tertiary/aromatic N) is 2. The molecule has 140 valence electrons. The van der Waals surface area contributed by atoms with Gasteiger partial charge in [0.2, 0.25) is 4.90 Å².